The van der Waals surface area contributed by atoms with Crippen molar-refractivity contribution in [3.63, 3.8) is 0 Å². The molecule has 0 radical (unpaired) electrons. The molecule has 0 atom stereocenters. The molecule has 2 fully saturated rings. The van der Waals surface area contributed by atoms with E-state index in [1.54, 1.807) is 24.3 Å². The number of hydrogen-bond donors (Lipinski definition) is 0. The van der Waals surface area contributed by atoms with Crippen LogP contribution in [0.3, 0.4) is 0 Å². The smallest absolute Gasteiger partial charge is 0.337 e. The van der Waals surface area contributed by atoms with Crippen LogP contribution in [0.4, 0.5) is 5.69 Å². The molecule has 7 nitrogen and oxygen atoms in total. The summed E-state index contributed by atoms with van der Waals surface area (Å²) in [5, 5.41) is 8.40. The lowest BCUT2D eigenvalue weighted by atomic mass is 9.86. The number of carbonyl (C=O) groups excluding carboxylic acids is 1. The second-order valence-corrected chi connectivity index (χ2v) is 9.46. The normalized spacial score (nSPS) is 21.4. The second kappa shape index (κ2) is 9.97. The Morgan fingerprint density at radius 1 is 0.853 bits per heavy atom. The quantitative estimate of drug-likeness (QED) is 0.502. The first kappa shape index (κ1) is 22.6. The van der Waals surface area contributed by atoms with Gasteiger partial charge in [-0.1, -0.05) is 6.92 Å². The van der Waals surface area contributed by atoms with E-state index in [0.29, 0.717) is 17.3 Å². The molecule has 0 unspecified atom stereocenters. The highest BCUT2D eigenvalue weighted by atomic mass is 16.5. The van der Waals surface area contributed by atoms with Gasteiger partial charge in [-0.25, -0.2) is 4.79 Å². The Kier molecular flexibility index (Phi) is 6.63. The van der Waals surface area contributed by atoms with Crippen LogP contribution in [0.1, 0.15) is 43.0 Å². The number of piperazine rings is 1. The third-order valence-corrected chi connectivity index (χ3v) is 7.27. The summed E-state index contributed by atoms with van der Waals surface area (Å²) in [7, 11) is 1.36. The first-order chi connectivity index (χ1) is 16.6. The number of esters is 1. The van der Waals surface area contributed by atoms with E-state index in [9.17, 15) is 4.79 Å². The number of carbonyl (C=O) groups is 1. The van der Waals surface area contributed by atoms with Gasteiger partial charge in [0.1, 0.15) is 0 Å². The van der Waals surface area contributed by atoms with E-state index < -0.39 is 0 Å². The van der Waals surface area contributed by atoms with Gasteiger partial charge in [-0.05, 0) is 80.1 Å². The van der Waals surface area contributed by atoms with Crippen LogP contribution in [0.5, 0.6) is 0 Å². The van der Waals surface area contributed by atoms with Crippen LogP contribution in [-0.4, -0.2) is 60.4 Å². The van der Waals surface area contributed by atoms with Crippen molar-refractivity contribution in [2.75, 3.05) is 38.2 Å². The molecule has 1 saturated heterocycles. The predicted octanol–water partition coefficient (Wildman–Crippen LogP) is 4.89. The summed E-state index contributed by atoms with van der Waals surface area (Å²) in [6, 6.07) is 16.1. The van der Waals surface area contributed by atoms with Gasteiger partial charge in [0, 0.05) is 49.0 Å². The van der Waals surface area contributed by atoms with E-state index in [0.717, 1.165) is 49.3 Å². The molecular weight excluding hydrogens is 428 g/mol. The third-order valence-electron chi connectivity index (χ3n) is 7.27. The van der Waals surface area contributed by atoms with Crippen molar-refractivity contribution in [1.29, 1.82) is 0 Å². The Balaban J connectivity index is 1.20. The van der Waals surface area contributed by atoms with Gasteiger partial charge in [0.25, 0.3) is 0 Å². The number of hydrogen-bond acceptors (Lipinski definition) is 7. The molecule has 1 saturated carbocycles. The molecule has 0 spiro atoms. The number of ether oxygens (including phenoxy) is 1. The molecule has 34 heavy (non-hydrogen) atoms. The maximum atomic E-state index is 11.6. The summed E-state index contributed by atoms with van der Waals surface area (Å²) < 4.78 is 10.6. The first-order valence-corrected chi connectivity index (χ1v) is 12.2. The molecule has 178 valence electrons. The molecule has 3 aromatic rings. The van der Waals surface area contributed by atoms with E-state index >= 15 is 0 Å². The summed E-state index contributed by atoms with van der Waals surface area (Å²) >= 11 is 0. The minimum atomic E-state index is -0.372. The van der Waals surface area contributed by atoms with Crippen molar-refractivity contribution < 1.29 is 13.9 Å². The summed E-state index contributed by atoms with van der Waals surface area (Å²) in [5.41, 5.74) is 3.37. The number of nitrogens with zero attached hydrogens (tertiary/aromatic N) is 4. The number of methoxy groups -OCH3 is 1. The molecule has 7 heteroatoms. The monoisotopic (exact) mass is 460 g/mol. The van der Waals surface area contributed by atoms with Gasteiger partial charge in [-0.2, -0.15) is 0 Å². The van der Waals surface area contributed by atoms with Gasteiger partial charge in [-0.15, -0.1) is 10.2 Å². The first-order valence-electron chi connectivity index (χ1n) is 12.2. The van der Waals surface area contributed by atoms with Gasteiger partial charge in [-0.3, -0.25) is 4.90 Å². The highest BCUT2D eigenvalue weighted by molar-refractivity contribution is 5.89. The fourth-order valence-electron chi connectivity index (χ4n) is 5.09. The van der Waals surface area contributed by atoms with Gasteiger partial charge in [0.05, 0.1) is 12.7 Å². The largest absolute Gasteiger partial charge is 0.465 e. The van der Waals surface area contributed by atoms with Gasteiger partial charge in [0.15, 0.2) is 0 Å². The van der Waals surface area contributed by atoms with E-state index in [1.807, 2.05) is 12.1 Å². The van der Waals surface area contributed by atoms with Crippen molar-refractivity contribution in [3.8, 4) is 22.9 Å². The maximum absolute atomic E-state index is 11.6. The minimum absolute atomic E-state index is 0.372. The molecule has 1 aromatic heterocycles. The van der Waals surface area contributed by atoms with Crippen molar-refractivity contribution >= 4 is 11.7 Å². The molecule has 2 heterocycles. The third kappa shape index (κ3) is 4.85. The molecule has 5 rings (SSSR count). The van der Waals surface area contributed by atoms with E-state index in [1.165, 1.54) is 38.5 Å². The standard InChI is InChI=1S/C27H32N4O3/c1-19-3-11-23(12-4-19)30-15-17-31(18-16-30)24-13-9-21(10-14-24)26-29-28-25(34-26)20-5-7-22(8-6-20)27(32)33-2/h5-10,13-14,19,23H,3-4,11-12,15-18H2,1-2H3. The Labute approximate surface area is 200 Å². The number of rotatable bonds is 5. The lowest BCUT2D eigenvalue weighted by Crippen LogP contribution is -2.51. The fourth-order valence-corrected chi connectivity index (χ4v) is 5.09. The minimum Gasteiger partial charge on any atom is -0.465 e. The lowest BCUT2D eigenvalue weighted by Gasteiger charge is -2.42. The van der Waals surface area contributed by atoms with Crippen LogP contribution in [0.25, 0.3) is 22.9 Å². The van der Waals surface area contributed by atoms with Gasteiger partial charge in [0.2, 0.25) is 11.8 Å². The summed E-state index contributed by atoms with van der Waals surface area (Å²) in [6.07, 6.45) is 5.47. The fraction of sp³-hybridized carbons (Fsp3) is 0.444. The van der Waals surface area contributed by atoms with Crippen LogP contribution in [0, 0.1) is 5.92 Å². The van der Waals surface area contributed by atoms with Crippen LogP contribution < -0.4 is 4.90 Å². The summed E-state index contributed by atoms with van der Waals surface area (Å²) in [6.45, 7) is 6.80. The molecule has 1 aliphatic carbocycles. The number of benzene rings is 2. The summed E-state index contributed by atoms with van der Waals surface area (Å²) in [4.78, 5) is 16.8. The second-order valence-electron chi connectivity index (χ2n) is 9.46. The Hall–Kier alpha value is -3.19. The zero-order valence-electron chi connectivity index (χ0n) is 19.9. The van der Waals surface area contributed by atoms with Crippen LogP contribution in [0.2, 0.25) is 0 Å². The molecule has 1 aliphatic heterocycles. The summed E-state index contributed by atoms with van der Waals surface area (Å²) in [5.74, 6) is 1.43. The van der Waals surface area contributed by atoms with Crippen LogP contribution in [0.15, 0.2) is 52.9 Å². The van der Waals surface area contributed by atoms with Crippen molar-refractivity contribution in [2.45, 2.75) is 38.6 Å². The molecular formula is C27H32N4O3. The zero-order valence-corrected chi connectivity index (χ0v) is 19.9. The Bertz CT molecular complexity index is 1090. The molecule has 0 bridgehead atoms. The number of aromatic nitrogens is 2. The topological polar surface area (TPSA) is 71.7 Å². The van der Waals surface area contributed by atoms with E-state index in [2.05, 4.69) is 39.1 Å². The van der Waals surface area contributed by atoms with Crippen LogP contribution >= 0.6 is 0 Å². The van der Waals surface area contributed by atoms with Crippen molar-refractivity contribution in [3.05, 3.63) is 54.1 Å². The van der Waals surface area contributed by atoms with E-state index in [4.69, 9.17) is 9.15 Å². The molecule has 2 aliphatic rings. The SMILES string of the molecule is COC(=O)c1ccc(-c2nnc(-c3ccc(N4CCN(C5CCC(C)CC5)CC4)cc3)o2)cc1. The zero-order chi connectivity index (χ0) is 23.5. The van der Waals surface area contributed by atoms with E-state index in [-0.39, 0.29) is 5.97 Å². The predicted molar refractivity (Wildman–Crippen MR) is 132 cm³/mol. The van der Waals surface area contributed by atoms with Crippen molar-refractivity contribution in [1.82, 2.24) is 15.1 Å². The average molecular weight is 461 g/mol. The Morgan fingerprint density at radius 3 is 1.97 bits per heavy atom. The van der Waals surface area contributed by atoms with Crippen molar-refractivity contribution in [2.24, 2.45) is 5.92 Å². The maximum Gasteiger partial charge on any atom is 0.337 e. The molecule has 0 amide bonds. The number of anilines is 1. The highest BCUT2D eigenvalue weighted by Gasteiger charge is 2.27. The van der Waals surface area contributed by atoms with Crippen LogP contribution in [-0.2, 0) is 4.74 Å². The van der Waals surface area contributed by atoms with Gasteiger partial charge < -0.3 is 14.1 Å². The molecule has 0 N–H and O–H groups in total. The average Bonchev–Trinajstić information content (AvgIpc) is 3.39. The Morgan fingerprint density at radius 2 is 1.41 bits per heavy atom. The van der Waals surface area contributed by atoms with Gasteiger partial charge >= 0.3 is 5.97 Å². The highest BCUT2D eigenvalue weighted by Crippen LogP contribution is 2.29. The lowest BCUT2D eigenvalue weighted by molar-refractivity contribution is 0.0600. The molecule has 2 aromatic carbocycles.